The summed E-state index contributed by atoms with van der Waals surface area (Å²) < 4.78 is 5.91. The molecule has 2 atom stereocenters. The van der Waals surface area contributed by atoms with Crippen molar-refractivity contribution in [2.75, 3.05) is 13.1 Å². The van der Waals surface area contributed by atoms with Gasteiger partial charge in [-0.05, 0) is 43.7 Å². The summed E-state index contributed by atoms with van der Waals surface area (Å²) >= 11 is 0. The standard InChI is InChI=1S/C19H22N2O2/c22-18(12-14-6-1-2-7-14)21-11-5-8-15(13-21)19-20-16-9-3-4-10-17(16)23-19/h1,3-4,6,9-10,14-15H,2,5,7-8,11-13H2/t14-,15+/m1/s1. The highest BCUT2D eigenvalue weighted by molar-refractivity contribution is 5.77. The van der Waals surface area contributed by atoms with Gasteiger partial charge in [0, 0.05) is 19.5 Å². The molecule has 4 nitrogen and oxygen atoms in total. The molecule has 1 amide bonds. The summed E-state index contributed by atoms with van der Waals surface area (Å²) in [6.45, 7) is 1.61. The smallest absolute Gasteiger partial charge is 0.223 e. The van der Waals surface area contributed by atoms with Crippen LogP contribution in [-0.2, 0) is 4.79 Å². The van der Waals surface area contributed by atoms with Gasteiger partial charge in [-0.25, -0.2) is 4.98 Å². The first kappa shape index (κ1) is 14.5. The van der Waals surface area contributed by atoms with E-state index in [0.717, 1.165) is 55.8 Å². The van der Waals surface area contributed by atoms with Crippen molar-refractivity contribution in [1.82, 2.24) is 9.88 Å². The first-order valence-electron chi connectivity index (χ1n) is 8.59. The van der Waals surface area contributed by atoms with Crippen LogP contribution in [0.2, 0.25) is 0 Å². The molecule has 4 rings (SSSR count). The van der Waals surface area contributed by atoms with E-state index < -0.39 is 0 Å². The number of benzene rings is 1. The van der Waals surface area contributed by atoms with Crippen LogP contribution in [0.4, 0.5) is 0 Å². The second-order valence-corrected chi connectivity index (χ2v) is 6.67. The number of fused-ring (bicyclic) bond motifs is 1. The van der Waals surface area contributed by atoms with Crippen molar-refractivity contribution in [3.63, 3.8) is 0 Å². The number of nitrogens with zero attached hydrogens (tertiary/aromatic N) is 2. The minimum absolute atomic E-state index is 0.222. The van der Waals surface area contributed by atoms with Crippen LogP contribution in [0, 0.1) is 5.92 Å². The molecule has 0 N–H and O–H groups in total. The lowest BCUT2D eigenvalue weighted by atomic mass is 9.96. The highest BCUT2D eigenvalue weighted by atomic mass is 16.3. The van der Waals surface area contributed by atoms with Gasteiger partial charge in [0.1, 0.15) is 5.52 Å². The zero-order chi connectivity index (χ0) is 15.6. The number of rotatable bonds is 3. The second-order valence-electron chi connectivity index (χ2n) is 6.67. The van der Waals surface area contributed by atoms with Gasteiger partial charge in [0.25, 0.3) is 0 Å². The number of carbonyl (C=O) groups excluding carboxylic acids is 1. The van der Waals surface area contributed by atoms with Crippen molar-refractivity contribution in [1.29, 1.82) is 0 Å². The van der Waals surface area contributed by atoms with Crippen LogP contribution >= 0.6 is 0 Å². The molecule has 2 aliphatic rings. The van der Waals surface area contributed by atoms with E-state index >= 15 is 0 Å². The zero-order valence-electron chi connectivity index (χ0n) is 13.3. The van der Waals surface area contributed by atoms with Crippen LogP contribution in [0.5, 0.6) is 0 Å². The van der Waals surface area contributed by atoms with Gasteiger partial charge in [0.2, 0.25) is 5.91 Å². The third-order valence-corrected chi connectivity index (χ3v) is 4.98. The number of carbonyl (C=O) groups is 1. The molecule has 2 heterocycles. The SMILES string of the molecule is O=C(C[C@@H]1C=CCC1)N1CCC[C@H](c2nc3ccccc3o2)C1. The van der Waals surface area contributed by atoms with Crippen molar-refractivity contribution in [2.45, 2.75) is 38.0 Å². The Balaban J connectivity index is 1.45. The van der Waals surface area contributed by atoms with E-state index in [1.54, 1.807) is 0 Å². The van der Waals surface area contributed by atoms with E-state index in [4.69, 9.17) is 4.42 Å². The average Bonchev–Trinajstić information content (AvgIpc) is 3.24. The molecule has 4 heteroatoms. The van der Waals surface area contributed by atoms with Gasteiger partial charge < -0.3 is 9.32 Å². The van der Waals surface area contributed by atoms with Crippen LogP contribution in [-0.4, -0.2) is 28.9 Å². The summed E-state index contributed by atoms with van der Waals surface area (Å²) in [5, 5.41) is 0. The van der Waals surface area contributed by atoms with E-state index in [1.165, 1.54) is 0 Å². The van der Waals surface area contributed by atoms with E-state index in [2.05, 4.69) is 17.1 Å². The highest BCUT2D eigenvalue weighted by Gasteiger charge is 2.29. The minimum atomic E-state index is 0.222. The Labute approximate surface area is 136 Å². The molecule has 1 aromatic heterocycles. The Hall–Kier alpha value is -2.10. The summed E-state index contributed by atoms with van der Waals surface area (Å²) in [6.07, 6.45) is 9.33. The fraction of sp³-hybridized carbons (Fsp3) is 0.474. The molecule has 23 heavy (non-hydrogen) atoms. The maximum absolute atomic E-state index is 12.5. The van der Waals surface area contributed by atoms with Gasteiger partial charge in [-0.1, -0.05) is 24.3 Å². The summed E-state index contributed by atoms with van der Waals surface area (Å²) in [4.78, 5) is 19.2. The minimum Gasteiger partial charge on any atom is -0.440 e. The Morgan fingerprint density at radius 3 is 3.04 bits per heavy atom. The first-order chi connectivity index (χ1) is 11.3. The number of allylic oxidation sites excluding steroid dienone is 2. The molecule has 2 aromatic rings. The predicted molar refractivity (Wildman–Crippen MR) is 89.0 cm³/mol. The average molecular weight is 310 g/mol. The van der Waals surface area contributed by atoms with Crippen molar-refractivity contribution >= 4 is 17.0 Å². The number of aromatic nitrogens is 1. The number of hydrogen-bond acceptors (Lipinski definition) is 3. The van der Waals surface area contributed by atoms with Crippen molar-refractivity contribution in [2.24, 2.45) is 5.92 Å². The summed E-state index contributed by atoms with van der Waals surface area (Å²) in [5.74, 6) is 1.72. The molecule has 120 valence electrons. The van der Waals surface area contributed by atoms with Crippen LogP contribution in [0.25, 0.3) is 11.1 Å². The van der Waals surface area contributed by atoms with Crippen LogP contribution in [0.3, 0.4) is 0 Å². The normalized spacial score (nSPS) is 24.4. The lowest BCUT2D eigenvalue weighted by Gasteiger charge is -2.32. The third kappa shape index (κ3) is 3.03. The van der Waals surface area contributed by atoms with Crippen molar-refractivity contribution in [3.8, 4) is 0 Å². The molecule has 1 aromatic carbocycles. The number of amides is 1. The number of hydrogen-bond donors (Lipinski definition) is 0. The lowest BCUT2D eigenvalue weighted by molar-refractivity contribution is -0.133. The maximum atomic E-state index is 12.5. The molecule has 0 radical (unpaired) electrons. The second kappa shape index (κ2) is 6.19. The van der Waals surface area contributed by atoms with Gasteiger partial charge in [0.05, 0.1) is 5.92 Å². The summed E-state index contributed by atoms with van der Waals surface area (Å²) in [6, 6.07) is 7.86. The molecule has 1 aliphatic heterocycles. The summed E-state index contributed by atoms with van der Waals surface area (Å²) in [5.41, 5.74) is 1.74. The molecule has 0 saturated carbocycles. The largest absolute Gasteiger partial charge is 0.440 e. The highest BCUT2D eigenvalue weighted by Crippen LogP contribution is 2.30. The lowest BCUT2D eigenvalue weighted by Crippen LogP contribution is -2.39. The molecule has 0 unspecified atom stereocenters. The zero-order valence-corrected chi connectivity index (χ0v) is 13.3. The topological polar surface area (TPSA) is 46.3 Å². The van der Waals surface area contributed by atoms with Gasteiger partial charge in [-0.3, -0.25) is 4.79 Å². The Morgan fingerprint density at radius 1 is 1.30 bits per heavy atom. The Bertz CT molecular complexity index is 701. The first-order valence-corrected chi connectivity index (χ1v) is 8.59. The van der Waals surface area contributed by atoms with E-state index in [-0.39, 0.29) is 11.8 Å². The van der Waals surface area contributed by atoms with Crippen LogP contribution in [0.1, 0.15) is 43.9 Å². The fourth-order valence-electron chi connectivity index (χ4n) is 3.69. The summed E-state index contributed by atoms with van der Waals surface area (Å²) in [7, 11) is 0. The van der Waals surface area contributed by atoms with Gasteiger partial charge >= 0.3 is 0 Å². The number of para-hydroxylation sites is 2. The molecule has 1 aliphatic carbocycles. The molecular formula is C19H22N2O2. The van der Waals surface area contributed by atoms with Gasteiger partial charge in [-0.15, -0.1) is 0 Å². The van der Waals surface area contributed by atoms with Gasteiger partial charge in [-0.2, -0.15) is 0 Å². The number of piperidine rings is 1. The van der Waals surface area contributed by atoms with E-state index in [0.29, 0.717) is 12.3 Å². The molecule has 1 fully saturated rings. The third-order valence-electron chi connectivity index (χ3n) is 4.98. The van der Waals surface area contributed by atoms with Crippen molar-refractivity contribution < 1.29 is 9.21 Å². The molecule has 0 spiro atoms. The Kier molecular flexibility index (Phi) is 3.90. The molecule has 0 bridgehead atoms. The van der Waals surface area contributed by atoms with Crippen LogP contribution in [0.15, 0.2) is 40.8 Å². The Morgan fingerprint density at radius 2 is 2.22 bits per heavy atom. The van der Waals surface area contributed by atoms with Crippen molar-refractivity contribution in [3.05, 3.63) is 42.3 Å². The fourth-order valence-corrected chi connectivity index (χ4v) is 3.69. The predicted octanol–water partition coefficient (Wildman–Crippen LogP) is 3.89. The van der Waals surface area contributed by atoms with E-state index in [1.807, 2.05) is 29.2 Å². The quantitative estimate of drug-likeness (QED) is 0.808. The molecule has 1 saturated heterocycles. The molecular weight excluding hydrogens is 288 g/mol. The van der Waals surface area contributed by atoms with Gasteiger partial charge in [0.15, 0.2) is 11.5 Å². The number of likely N-dealkylation sites (tertiary alicyclic amines) is 1. The van der Waals surface area contributed by atoms with E-state index in [9.17, 15) is 4.79 Å². The van der Waals surface area contributed by atoms with Crippen LogP contribution < -0.4 is 0 Å². The maximum Gasteiger partial charge on any atom is 0.223 e. The monoisotopic (exact) mass is 310 g/mol. The number of oxazole rings is 1.